The van der Waals surface area contributed by atoms with Crippen LogP contribution in [0, 0.1) is 0 Å². The summed E-state index contributed by atoms with van der Waals surface area (Å²) in [7, 11) is 0. The molecule has 0 saturated heterocycles. The molecule has 2 nitrogen and oxygen atoms in total. The van der Waals surface area contributed by atoms with Gasteiger partial charge in [-0.2, -0.15) is 0 Å². The van der Waals surface area contributed by atoms with E-state index in [0.29, 0.717) is 0 Å². The lowest BCUT2D eigenvalue weighted by atomic mass is 9.92. The molecule has 2 heteroatoms. The maximum Gasteiger partial charge on any atom is 0.0491 e. The second-order valence-corrected chi connectivity index (χ2v) is 7.35. The van der Waals surface area contributed by atoms with Crippen molar-refractivity contribution in [3.63, 3.8) is 0 Å². The number of hydrogen-bond donors (Lipinski definition) is 2. The molecule has 4 N–H and O–H groups in total. The highest BCUT2D eigenvalue weighted by molar-refractivity contribution is 5.32. The number of benzene rings is 3. The van der Waals surface area contributed by atoms with Crippen molar-refractivity contribution in [2.75, 3.05) is 0 Å². The minimum absolute atomic E-state index is 0.194. The molecule has 2 unspecified atom stereocenters. The Morgan fingerprint density at radius 1 is 0.423 bits per heavy atom. The summed E-state index contributed by atoms with van der Waals surface area (Å²) in [5, 5.41) is 0. The van der Waals surface area contributed by atoms with E-state index in [0.717, 1.165) is 36.8 Å². The highest BCUT2D eigenvalue weighted by Gasteiger charge is 2.17. The molecule has 0 saturated carbocycles. The van der Waals surface area contributed by atoms with Gasteiger partial charge in [-0.25, -0.2) is 0 Å². The van der Waals surface area contributed by atoms with Gasteiger partial charge in [0.15, 0.2) is 0 Å². The number of fused-ring (bicyclic) bond motifs is 3. The monoisotopic (exact) mass is 342 g/mol. The Morgan fingerprint density at radius 3 is 0.923 bits per heavy atom. The summed E-state index contributed by atoms with van der Waals surface area (Å²) in [6.45, 7) is 0. The van der Waals surface area contributed by atoms with Crippen LogP contribution in [0.25, 0.3) is 0 Å². The van der Waals surface area contributed by atoms with Crippen molar-refractivity contribution < 1.29 is 0 Å². The summed E-state index contributed by atoms with van der Waals surface area (Å²) >= 11 is 0. The van der Waals surface area contributed by atoms with E-state index in [-0.39, 0.29) is 12.1 Å². The largest absolute Gasteiger partial charge is 0.322 e. The average molecular weight is 342 g/mol. The van der Waals surface area contributed by atoms with Crippen LogP contribution in [0.1, 0.15) is 45.5 Å². The Kier molecular flexibility index (Phi) is 4.87. The van der Waals surface area contributed by atoms with Gasteiger partial charge in [-0.3, -0.25) is 0 Å². The van der Waals surface area contributed by atoms with E-state index < -0.39 is 0 Å². The van der Waals surface area contributed by atoms with Gasteiger partial charge in [0.1, 0.15) is 0 Å². The third-order valence-electron chi connectivity index (χ3n) is 5.54. The van der Waals surface area contributed by atoms with Gasteiger partial charge in [0, 0.05) is 12.1 Å². The molecule has 0 fully saturated rings. The fourth-order valence-corrected chi connectivity index (χ4v) is 3.68. The predicted molar refractivity (Wildman–Crippen MR) is 108 cm³/mol. The molecule has 3 aromatic carbocycles. The Hall–Kier alpha value is -2.42. The van der Waals surface area contributed by atoms with Crippen LogP contribution in [0.4, 0.5) is 0 Å². The lowest BCUT2D eigenvalue weighted by Crippen LogP contribution is -2.26. The van der Waals surface area contributed by atoms with Crippen LogP contribution in [-0.4, -0.2) is 0 Å². The number of hydrogen-bond acceptors (Lipinski definition) is 2. The molecule has 0 amide bonds. The van der Waals surface area contributed by atoms with Gasteiger partial charge < -0.3 is 11.5 Å². The lowest BCUT2D eigenvalue weighted by Gasteiger charge is -2.21. The highest BCUT2D eigenvalue weighted by atomic mass is 14.8. The van der Waals surface area contributed by atoms with Crippen LogP contribution >= 0.6 is 0 Å². The fraction of sp³-hybridized carbons (Fsp3) is 0.250. The third kappa shape index (κ3) is 3.72. The highest BCUT2D eigenvalue weighted by Crippen LogP contribution is 2.26. The van der Waals surface area contributed by atoms with Crippen LogP contribution in [0.15, 0.2) is 72.8 Å². The maximum absolute atomic E-state index is 6.45. The Morgan fingerprint density at radius 2 is 0.654 bits per heavy atom. The molecule has 132 valence electrons. The molecule has 3 aromatic rings. The average Bonchev–Trinajstić information content (AvgIpc) is 2.71. The molecule has 4 aliphatic carbocycles. The molecule has 2 atom stereocenters. The maximum atomic E-state index is 6.45. The van der Waals surface area contributed by atoms with E-state index >= 15 is 0 Å². The first-order valence-electron chi connectivity index (χ1n) is 9.46. The minimum Gasteiger partial charge on any atom is -0.322 e. The molecule has 0 aromatic heterocycles. The molecule has 0 radical (unpaired) electrons. The molecule has 0 heterocycles. The van der Waals surface area contributed by atoms with Crippen LogP contribution < -0.4 is 11.5 Å². The molecule has 0 aliphatic heterocycles. The second kappa shape index (κ2) is 7.45. The lowest BCUT2D eigenvalue weighted by molar-refractivity contribution is 0.574. The van der Waals surface area contributed by atoms with Gasteiger partial charge in [-0.05, 0) is 59.1 Å². The zero-order valence-corrected chi connectivity index (χ0v) is 15.1. The summed E-state index contributed by atoms with van der Waals surface area (Å²) in [6.07, 6.45) is 4.21. The van der Waals surface area contributed by atoms with Gasteiger partial charge in [-0.15, -0.1) is 0 Å². The van der Waals surface area contributed by atoms with Gasteiger partial charge in [0.2, 0.25) is 0 Å². The fourth-order valence-electron chi connectivity index (χ4n) is 3.68. The minimum atomic E-state index is -0.194. The van der Waals surface area contributed by atoms with Crippen molar-refractivity contribution >= 4 is 0 Å². The van der Waals surface area contributed by atoms with Gasteiger partial charge >= 0.3 is 0 Å². The molecular weight excluding hydrogens is 316 g/mol. The number of aryl methyl sites for hydroxylation is 4. The summed E-state index contributed by atoms with van der Waals surface area (Å²) < 4.78 is 0. The summed E-state index contributed by atoms with van der Waals surface area (Å²) in [6, 6.07) is 25.9. The van der Waals surface area contributed by atoms with Crippen LogP contribution in [0.3, 0.4) is 0 Å². The Bertz CT molecular complexity index is 774. The van der Waals surface area contributed by atoms with E-state index in [9.17, 15) is 0 Å². The van der Waals surface area contributed by atoms with Crippen molar-refractivity contribution in [2.24, 2.45) is 11.5 Å². The quantitative estimate of drug-likeness (QED) is 0.641. The van der Waals surface area contributed by atoms with Crippen LogP contribution in [0.2, 0.25) is 0 Å². The Balaban J connectivity index is 1.68. The normalized spacial score (nSPS) is 20.1. The van der Waals surface area contributed by atoms with Crippen molar-refractivity contribution in [2.45, 2.75) is 37.8 Å². The SMILES string of the molecule is NC1c2ccc(cc2)CCc2ccc(cc2)CCc2ccc(cc2)C1N. The van der Waals surface area contributed by atoms with Crippen LogP contribution in [-0.2, 0) is 25.7 Å². The second-order valence-electron chi connectivity index (χ2n) is 7.35. The first kappa shape index (κ1) is 17.0. The first-order chi connectivity index (χ1) is 12.7. The van der Waals surface area contributed by atoms with Crippen molar-refractivity contribution in [3.05, 3.63) is 106 Å². The topological polar surface area (TPSA) is 52.0 Å². The predicted octanol–water partition coefficient (Wildman–Crippen LogP) is 4.27. The zero-order valence-electron chi connectivity index (χ0n) is 15.1. The molecule has 7 rings (SSSR count). The number of nitrogens with two attached hydrogens (primary N) is 2. The standard InChI is InChI=1S/C24H26N2/c25-23-21-13-9-19(10-14-21)7-5-17-1-2-18(4-3-17)6-8-20-11-15-22(16-12-20)24(23)26/h1-4,9-16,23-24H,5-8,25-26H2. The third-order valence-corrected chi connectivity index (χ3v) is 5.54. The van der Waals surface area contributed by atoms with E-state index in [1.165, 1.54) is 22.3 Å². The van der Waals surface area contributed by atoms with Crippen molar-refractivity contribution in [1.29, 1.82) is 0 Å². The summed E-state index contributed by atoms with van der Waals surface area (Å²) in [4.78, 5) is 0. The molecular formula is C24H26N2. The van der Waals surface area contributed by atoms with Crippen molar-refractivity contribution in [3.8, 4) is 0 Å². The summed E-state index contributed by atoms with van der Waals surface area (Å²) in [5.41, 5.74) is 20.5. The van der Waals surface area contributed by atoms with Gasteiger partial charge in [-0.1, -0.05) is 72.8 Å². The molecule has 4 aliphatic rings. The first-order valence-corrected chi connectivity index (χ1v) is 9.46. The molecule has 26 heavy (non-hydrogen) atoms. The van der Waals surface area contributed by atoms with Gasteiger partial charge in [0.25, 0.3) is 0 Å². The zero-order chi connectivity index (χ0) is 17.9. The molecule has 0 spiro atoms. The van der Waals surface area contributed by atoms with E-state index in [1.54, 1.807) is 0 Å². The van der Waals surface area contributed by atoms with E-state index in [4.69, 9.17) is 11.5 Å². The van der Waals surface area contributed by atoms with E-state index in [2.05, 4.69) is 72.8 Å². The Labute approximate surface area is 155 Å². The number of rotatable bonds is 0. The molecule has 6 bridgehead atoms. The van der Waals surface area contributed by atoms with Crippen LogP contribution in [0.5, 0.6) is 0 Å². The smallest absolute Gasteiger partial charge is 0.0491 e. The summed E-state index contributed by atoms with van der Waals surface area (Å²) in [5.74, 6) is 0. The van der Waals surface area contributed by atoms with E-state index in [1.807, 2.05) is 0 Å². The van der Waals surface area contributed by atoms with Crippen molar-refractivity contribution in [1.82, 2.24) is 0 Å². The van der Waals surface area contributed by atoms with Gasteiger partial charge in [0.05, 0.1) is 0 Å².